The lowest BCUT2D eigenvalue weighted by Crippen LogP contribution is -2.21. The maximum absolute atomic E-state index is 9.99. The van der Waals surface area contributed by atoms with Crippen LogP contribution >= 0.6 is 35.1 Å². The van der Waals surface area contributed by atoms with Crippen LogP contribution in [0.3, 0.4) is 0 Å². The summed E-state index contributed by atoms with van der Waals surface area (Å²) in [6.45, 7) is 4.11. The summed E-state index contributed by atoms with van der Waals surface area (Å²) in [4.78, 5) is 9.18. The molecule has 150 valence electrons. The van der Waals surface area contributed by atoms with Crippen molar-refractivity contribution >= 4 is 40.8 Å². The first kappa shape index (κ1) is 20.6. The van der Waals surface area contributed by atoms with Crippen LogP contribution in [0.4, 0.5) is 5.69 Å². The van der Waals surface area contributed by atoms with E-state index in [9.17, 15) is 5.11 Å². The van der Waals surface area contributed by atoms with E-state index in [0.717, 1.165) is 40.7 Å². The fraction of sp³-hybridized carbons (Fsp3) is 0.261. The first-order valence-electron chi connectivity index (χ1n) is 9.63. The molecule has 4 rings (SSSR count). The first-order chi connectivity index (χ1) is 14.1. The average Bonchev–Trinajstić information content (AvgIpc) is 3.19. The van der Waals surface area contributed by atoms with Crippen LogP contribution in [0.25, 0.3) is 0 Å². The van der Waals surface area contributed by atoms with Crippen molar-refractivity contribution in [2.24, 2.45) is 0 Å². The number of nitrogens with zero attached hydrogens (tertiary/aromatic N) is 2. The van der Waals surface area contributed by atoms with E-state index < -0.39 is 0 Å². The third-order valence-electron chi connectivity index (χ3n) is 5.02. The largest absolute Gasteiger partial charge is 0.392 e. The van der Waals surface area contributed by atoms with Crippen LogP contribution in [0.2, 0.25) is 5.02 Å². The summed E-state index contributed by atoms with van der Waals surface area (Å²) in [7, 11) is 0. The summed E-state index contributed by atoms with van der Waals surface area (Å²) < 4.78 is 0. The van der Waals surface area contributed by atoms with E-state index in [4.69, 9.17) is 11.6 Å². The number of hydrogen-bond acceptors (Lipinski definition) is 5. The van der Waals surface area contributed by atoms with E-state index in [-0.39, 0.29) is 6.61 Å². The number of benzene rings is 2. The Balaban J connectivity index is 1.45. The number of aromatic nitrogens is 1. The molecule has 2 heterocycles. The van der Waals surface area contributed by atoms with Gasteiger partial charge < -0.3 is 10.0 Å². The molecule has 0 unspecified atom stereocenters. The fourth-order valence-corrected chi connectivity index (χ4v) is 5.66. The zero-order valence-corrected chi connectivity index (χ0v) is 18.6. The van der Waals surface area contributed by atoms with Crippen molar-refractivity contribution in [2.75, 3.05) is 18.0 Å². The smallest absolute Gasteiger partial charge is 0.0964 e. The number of anilines is 1. The molecular weight excluding hydrogens is 420 g/mol. The molecule has 1 fully saturated rings. The van der Waals surface area contributed by atoms with Crippen molar-refractivity contribution in [3.63, 3.8) is 0 Å². The average molecular weight is 443 g/mol. The van der Waals surface area contributed by atoms with Gasteiger partial charge in [-0.25, -0.2) is 4.98 Å². The van der Waals surface area contributed by atoms with Crippen LogP contribution in [0.1, 0.15) is 17.5 Å². The van der Waals surface area contributed by atoms with E-state index >= 15 is 0 Å². The molecule has 0 radical (unpaired) electrons. The lowest BCUT2D eigenvalue weighted by atomic mass is 10.1. The molecule has 6 heteroatoms. The molecule has 0 bridgehead atoms. The molecule has 1 saturated heterocycles. The third kappa shape index (κ3) is 5.10. The van der Waals surface area contributed by atoms with Crippen LogP contribution in [0, 0.1) is 6.92 Å². The fourth-order valence-electron chi connectivity index (χ4n) is 3.50. The SMILES string of the molecule is Cc1ccccc1Sc1ccc(N2CC[C@H](Sc3ccc(Cl)cn3)C2)c(CO)c1. The van der Waals surface area contributed by atoms with Gasteiger partial charge in [-0.3, -0.25) is 0 Å². The summed E-state index contributed by atoms with van der Waals surface area (Å²) >= 11 is 9.48. The van der Waals surface area contributed by atoms with Gasteiger partial charge in [0.15, 0.2) is 0 Å². The van der Waals surface area contributed by atoms with Crippen molar-refractivity contribution in [3.8, 4) is 0 Å². The van der Waals surface area contributed by atoms with Gasteiger partial charge in [-0.15, -0.1) is 11.8 Å². The number of pyridine rings is 1. The van der Waals surface area contributed by atoms with Crippen molar-refractivity contribution in [1.82, 2.24) is 4.98 Å². The topological polar surface area (TPSA) is 36.4 Å². The van der Waals surface area contributed by atoms with Gasteiger partial charge in [0.25, 0.3) is 0 Å². The lowest BCUT2D eigenvalue weighted by molar-refractivity contribution is 0.282. The molecule has 2 aromatic carbocycles. The molecule has 1 aliphatic rings. The van der Waals surface area contributed by atoms with Crippen molar-refractivity contribution in [3.05, 3.63) is 76.9 Å². The minimum Gasteiger partial charge on any atom is -0.392 e. The Bertz CT molecular complexity index is 981. The second-order valence-corrected chi connectivity index (χ2v) is 9.98. The number of hydrogen-bond donors (Lipinski definition) is 1. The Morgan fingerprint density at radius 3 is 2.79 bits per heavy atom. The highest BCUT2D eigenvalue weighted by atomic mass is 35.5. The Morgan fingerprint density at radius 1 is 1.17 bits per heavy atom. The van der Waals surface area contributed by atoms with Gasteiger partial charge in [-0.2, -0.15) is 0 Å². The monoisotopic (exact) mass is 442 g/mol. The van der Waals surface area contributed by atoms with Crippen molar-refractivity contribution in [1.29, 1.82) is 0 Å². The van der Waals surface area contributed by atoms with Crippen LogP contribution in [0.15, 0.2) is 75.6 Å². The third-order valence-corrected chi connectivity index (χ3v) is 7.61. The molecule has 1 aliphatic heterocycles. The van der Waals surface area contributed by atoms with Crippen LogP contribution in [-0.4, -0.2) is 28.4 Å². The Kier molecular flexibility index (Phi) is 6.70. The van der Waals surface area contributed by atoms with Crippen molar-refractivity contribution in [2.45, 2.75) is 40.0 Å². The van der Waals surface area contributed by atoms with E-state index in [1.807, 2.05) is 12.1 Å². The molecule has 0 aliphatic carbocycles. The predicted molar refractivity (Wildman–Crippen MR) is 123 cm³/mol. The molecule has 3 nitrogen and oxygen atoms in total. The van der Waals surface area contributed by atoms with Gasteiger partial charge >= 0.3 is 0 Å². The summed E-state index contributed by atoms with van der Waals surface area (Å²) in [5, 5.41) is 12.1. The normalized spacial score (nSPS) is 16.4. The Labute approximate surface area is 185 Å². The Hall–Kier alpha value is -1.66. The maximum Gasteiger partial charge on any atom is 0.0964 e. The lowest BCUT2D eigenvalue weighted by Gasteiger charge is -2.22. The van der Waals surface area contributed by atoms with Crippen LogP contribution in [0.5, 0.6) is 0 Å². The van der Waals surface area contributed by atoms with E-state index in [1.54, 1.807) is 29.7 Å². The van der Waals surface area contributed by atoms with Crippen molar-refractivity contribution < 1.29 is 5.11 Å². The molecule has 1 N–H and O–H groups in total. The van der Waals surface area contributed by atoms with Gasteiger partial charge in [-0.05, 0) is 55.3 Å². The summed E-state index contributed by atoms with van der Waals surface area (Å²) in [6, 6.07) is 18.7. The van der Waals surface area contributed by atoms with Gasteiger partial charge in [0.1, 0.15) is 0 Å². The minimum absolute atomic E-state index is 0.0462. The number of rotatable bonds is 6. The number of halogens is 1. The van der Waals surface area contributed by atoms with Gasteiger partial charge in [0.05, 0.1) is 16.7 Å². The number of aryl methyl sites for hydroxylation is 1. The summed E-state index contributed by atoms with van der Waals surface area (Å²) in [6.07, 6.45) is 2.80. The number of aliphatic hydroxyl groups excluding tert-OH is 1. The summed E-state index contributed by atoms with van der Waals surface area (Å²) in [5.74, 6) is 0. The highest BCUT2D eigenvalue weighted by Gasteiger charge is 2.25. The first-order valence-corrected chi connectivity index (χ1v) is 11.7. The molecular formula is C23H23ClN2OS2. The molecule has 3 aromatic rings. The van der Waals surface area contributed by atoms with E-state index in [1.165, 1.54) is 10.5 Å². The summed E-state index contributed by atoms with van der Waals surface area (Å²) in [5.41, 5.74) is 3.38. The molecule has 0 amide bonds. The van der Waals surface area contributed by atoms with Gasteiger partial charge in [0, 0.05) is 45.6 Å². The zero-order valence-electron chi connectivity index (χ0n) is 16.2. The highest BCUT2D eigenvalue weighted by Crippen LogP contribution is 2.36. The molecule has 1 atom stereocenters. The zero-order chi connectivity index (χ0) is 20.2. The maximum atomic E-state index is 9.99. The molecule has 1 aromatic heterocycles. The molecule has 0 spiro atoms. The van der Waals surface area contributed by atoms with E-state index in [0.29, 0.717) is 10.3 Å². The molecule has 29 heavy (non-hydrogen) atoms. The predicted octanol–water partition coefficient (Wildman–Crippen LogP) is 6.06. The Morgan fingerprint density at radius 2 is 2.03 bits per heavy atom. The van der Waals surface area contributed by atoms with Crippen LogP contribution < -0.4 is 4.90 Å². The van der Waals surface area contributed by atoms with Gasteiger partial charge in [-0.1, -0.05) is 41.6 Å². The highest BCUT2D eigenvalue weighted by molar-refractivity contribution is 8.00. The van der Waals surface area contributed by atoms with Crippen LogP contribution in [-0.2, 0) is 6.61 Å². The number of thioether (sulfide) groups is 1. The van der Waals surface area contributed by atoms with E-state index in [2.05, 4.69) is 59.3 Å². The second kappa shape index (κ2) is 9.43. The second-order valence-electron chi connectivity index (χ2n) is 7.11. The minimum atomic E-state index is 0.0462. The quantitative estimate of drug-likeness (QED) is 0.502. The molecule has 0 saturated carbocycles. The number of aliphatic hydroxyl groups is 1. The van der Waals surface area contributed by atoms with Gasteiger partial charge in [0.2, 0.25) is 0 Å². The standard InChI is InChI=1S/C23H23ClN2OS2/c1-16-4-2-3-5-22(16)28-19-7-8-21(17(12-19)15-27)26-11-10-20(14-26)29-23-9-6-18(24)13-25-23/h2-9,12-13,20,27H,10-11,14-15H2,1H3/t20-/m0/s1.